The third-order valence-electron chi connectivity index (χ3n) is 5.84. The van der Waals surface area contributed by atoms with Gasteiger partial charge in [-0.1, -0.05) is 51.1 Å². The zero-order chi connectivity index (χ0) is 21.8. The molecule has 5 nitrogen and oxygen atoms in total. The Morgan fingerprint density at radius 1 is 1.17 bits per heavy atom. The number of hydrogen-bond acceptors (Lipinski definition) is 3. The number of benzene rings is 1. The molecule has 0 aliphatic carbocycles. The fourth-order valence-electron chi connectivity index (χ4n) is 4.43. The topological polar surface area (TPSA) is 62.3 Å². The number of hydrogen-bond donors (Lipinski definition) is 1. The number of rotatable bonds is 5. The first-order chi connectivity index (χ1) is 14.2. The van der Waals surface area contributed by atoms with Crippen LogP contribution in [0.3, 0.4) is 0 Å². The van der Waals surface area contributed by atoms with Crippen LogP contribution in [0.15, 0.2) is 48.8 Å². The van der Waals surface area contributed by atoms with Crippen molar-refractivity contribution < 1.29 is 9.59 Å². The molecule has 2 amide bonds. The summed E-state index contributed by atoms with van der Waals surface area (Å²) in [5, 5.41) is 2.87. The minimum atomic E-state index is -0.626. The maximum atomic E-state index is 13.1. The molecule has 30 heavy (non-hydrogen) atoms. The smallest absolute Gasteiger partial charge is 0.228 e. The van der Waals surface area contributed by atoms with E-state index in [0.717, 1.165) is 36.1 Å². The molecule has 3 rings (SSSR count). The van der Waals surface area contributed by atoms with Gasteiger partial charge in [0.15, 0.2) is 0 Å². The van der Waals surface area contributed by atoms with Crippen molar-refractivity contribution in [2.45, 2.75) is 46.5 Å². The van der Waals surface area contributed by atoms with Gasteiger partial charge in [-0.15, -0.1) is 0 Å². The number of amides is 2. The third-order valence-corrected chi connectivity index (χ3v) is 5.84. The molecule has 160 valence electrons. The Morgan fingerprint density at radius 3 is 2.60 bits per heavy atom. The molecule has 1 saturated heterocycles. The lowest BCUT2D eigenvalue weighted by molar-refractivity contribution is -0.142. The Balaban J connectivity index is 1.92. The Bertz CT molecular complexity index is 889. The van der Waals surface area contributed by atoms with Gasteiger partial charge in [-0.05, 0) is 41.9 Å². The summed E-state index contributed by atoms with van der Waals surface area (Å²) >= 11 is 0. The van der Waals surface area contributed by atoms with Crippen molar-refractivity contribution >= 4 is 11.8 Å². The molecule has 1 aliphatic heterocycles. The standard InChI is InChI=1S/C25H33N3O2/c1-24(2,3)16-22(29)28-14-8-12-25(18-28,23(30)26-4)15-19-9-5-6-11-21(19)20-10-7-13-27-17-20/h5-7,9-11,13,17H,8,12,14-16,18H2,1-4H3,(H,26,30)/t25-/m1/s1. The van der Waals surface area contributed by atoms with Crippen LogP contribution in [0.5, 0.6) is 0 Å². The molecule has 0 unspecified atom stereocenters. The minimum Gasteiger partial charge on any atom is -0.359 e. The van der Waals surface area contributed by atoms with Crippen LogP contribution in [0.4, 0.5) is 0 Å². The summed E-state index contributed by atoms with van der Waals surface area (Å²) < 4.78 is 0. The van der Waals surface area contributed by atoms with Crippen molar-refractivity contribution in [3.63, 3.8) is 0 Å². The van der Waals surface area contributed by atoms with Crippen LogP contribution in [-0.2, 0) is 16.0 Å². The SMILES string of the molecule is CNC(=O)[C@@]1(Cc2ccccc2-c2cccnc2)CCCN(C(=O)CC(C)(C)C)C1. The number of nitrogens with one attached hydrogen (secondary N) is 1. The molecule has 0 spiro atoms. The second kappa shape index (κ2) is 8.99. The first-order valence-electron chi connectivity index (χ1n) is 10.7. The number of aromatic nitrogens is 1. The normalized spacial score (nSPS) is 19.4. The molecule has 1 aromatic heterocycles. The number of carbonyl (C=O) groups excluding carboxylic acids is 2. The van der Waals surface area contributed by atoms with E-state index in [1.165, 1.54) is 0 Å². The average Bonchev–Trinajstić information content (AvgIpc) is 2.73. The highest BCUT2D eigenvalue weighted by molar-refractivity contribution is 5.85. The fraction of sp³-hybridized carbons (Fsp3) is 0.480. The first kappa shape index (κ1) is 22.0. The van der Waals surface area contributed by atoms with E-state index in [2.05, 4.69) is 43.2 Å². The number of nitrogens with zero attached hydrogens (tertiary/aromatic N) is 2. The number of piperidine rings is 1. The molecule has 0 radical (unpaired) electrons. The van der Waals surface area contributed by atoms with Crippen LogP contribution >= 0.6 is 0 Å². The molecular formula is C25H33N3O2. The van der Waals surface area contributed by atoms with Crippen LogP contribution in [0.1, 0.15) is 45.6 Å². The summed E-state index contributed by atoms with van der Waals surface area (Å²) in [6, 6.07) is 12.2. The van der Waals surface area contributed by atoms with Gasteiger partial charge in [-0.25, -0.2) is 0 Å². The minimum absolute atomic E-state index is 0.0109. The van der Waals surface area contributed by atoms with E-state index < -0.39 is 5.41 Å². The molecule has 5 heteroatoms. The average molecular weight is 408 g/mol. The van der Waals surface area contributed by atoms with Gasteiger partial charge in [-0.2, -0.15) is 0 Å². The van der Waals surface area contributed by atoms with Crippen molar-refractivity contribution in [2.75, 3.05) is 20.1 Å². The highest BCUT2D eigenvalue weighted by Crippen LogP contribution is 2.37. The first-order valence-corrected chi connectivity index (χ1v) is 10.7. The van der Waals surface area contributed by atoms with Crippen molar-refractivity contribution in [1.29, 1.82) is 0 Å². The second-order valence-electron chi connectivity index (χ2n) is 9.59. The summed E-state index contributed by atoms with van der Waals surface area (Å²) in [4.78, 5) is 32.2. The van der Waals surface area contributed by atoms with Crippen LogP contribution in [-0.4, -0.2) is 41.8 Å². The van der Waals surface area contributed by atoms with Crippen LogP contribution in [0, 0.1) is 10.8 Å². The summed E-state index contributed by atoms with van der Waals surface area (Å²) in [6.45, 7) is 7.40. The van der Waals surface area contributed by atoms with Crippen molar-refractivity contribution in [2.24, 2.45) is 10.8 Å². The van der Waals surface area contributed by atoms with Gasteiger partial charge < -0.3 is 10.2 Å². The Kier molecular flexibility index (Phi) is 6.59. The quantitative estimate of drug-likeness (QED) is 0.812. The van der Waals surface area contributed by atoms with Crippen molar-refractivity contribution in [3.05, 3.63) is 54.4 Å². The molecule has 2 heterocycles. The summed E-state index contributed by atoms with van der Waals surface area (Å²) in [5.74, 6) is 0.146. The van der Waals surface area contributed by atoms with Gasteiger partial charge in [-0.3, -0.25) is 14.6 Å². The van der Waals surface area contributed by atoms with Gasteiger partial charge in [0.2, 0.25) is 11.8 Å². The monoisotopic (exact) mass is 407 g/mol. The van der Waals surface area contributed by atoms with E-state index in [1.807, 2.05) is 35.4 Å². The summed E-state index contributed by atoms with van der Waals surface area (Å²) in [6.07, 6.45) is 6.30. The predicted octanol–water partition coefficient (Wildman–Crippen LogP) is 4.08. The highest BCUT2D eigenvalue weighted by Gasteiger charge is 2.43. The number of pyridine rings is 1. The molecular weight excluding hydrogens is 374 g/mol. The van der Waals surface area contributed by atoms with Crippen molar-refractivity contribution in [1.82, 2.24) is 15.2 Å². The largest absolute Gasteiger partial charge is 0.359 e. The lowest BCUT2D eigenvalue weighted by Crippen LogP contribution is -2.54. The van der Waals surface area contributed by atoms with Gasteiger partial charge in [0, 0.05) is 44.5 Å². The molecule has 1 fully saturated rings. The summed E-state index contributed by atoms with van der Waals surface area (Å²) in [5.41, 5.74) is 2.54. The number of carbonyl (C=O) groups is 2. The Hall–Kier alpha value is -2.69. The highest BCUT2D eigenvalue weighted by atomic mass is 16.2. The van der Waals surface area contributed by atoms with Crippen LogP contribution in [0.2, 0.25) is 0 Å². The molecule has 2 aromatic rings. The Labute approximate surface area is 179 Å². The molecule has 1 N–H and O–H groups in total. The van der Waals surface area contributed by atoms with E-state index in [4.69, 9.17) is 0 Å². The molecule has 1 aromatic carbocycles. The lowest BCUT2D eigenvalue weighted by atomic mass is 9.73. The van der Waals surface area contributed by atoms with E-state index >= 15 is 0 Å². The molecule has 1 aliphatic rings. The van der Waals surface area contributed by atoms with Gasteiger partial charge in [0.1, 0.15) is 0 Å². The second-order valence-corrected chi connectivity index (χ2v) is 9.59. The maximum Gasteiger partial charge on any atom is 0.228 e. The fourth-order valence-corrected chi connectivity index (χ4v) is 4.43. The van der Waals surface area contributed by atoms with Crippen LogP contribution < -0.4 is 5.32 Å². The number of likely N-dealkylation sites (tertiary alicyclic amines) is 1. The molecule has 1 atom stereocenters. The van der Waals surface area contributed by atoms with Crippen molar-refractivity contribution in [3.8, 4) is 11.1 Å². The third kappa shape index (κ3) is 5.07. The van der Waals surface area contributed by atoms with Gasteiger partial charge in [0.25, 0.3) is 0 Å². The van der Waals surface area contributed by atoms with E-state index in [9.17, 15) is 9.59 Å². The van der Waals surface area contributed by atoms with Gasteiger partial charge >= 0.3 is 0 Å². The zero-order valence-electron chi connectivity index (χ0n) is 18.6. The Morgan fingerprint density at radius 2 is 1.93 bits per heavy atom. The van der Waals surface area contributed by atoms with E-state index in [1.54, 1.807) is 13.2 Å². The molecule has 0 saturated carbocycles. The predicted molar refractivity (Wildman–Crippen MR) is 120 cm³/mol. The maximum absolute atomic E-state index is 13.1. The summed E-state index contributed by atoms with van der Waals surface area (Å²) in [7, 11) is 1.69. The van der Waals surface area contributed by atoms with Gasteiger partial charge in [0.05, 0.1) is 5.41 Å². The zero-order valence-corrected chi connectivity index (χ0v) is 18.6. The molecule has 0 bridgehead atoms. The van der Waals surface area contributed by atoms with E-state index in [0.29, 0.717) is 19.4 Å². The van der Waals surface area contributed by atoms with Crippen LogP contribution in [0.25, 0.3) is 11.1 Å². The lowest BCUT2D eigenvalue weighted by Gasteiger charge is -2.42. The van der Waals surface area contributed by atoms with E-state index in [-0.39, 0.29) is 17.2 Å².